The molecule has 0 bridgehead atoms. The van der Waals surface area contributed by atoms with Crippen molar-refractivity contribution in [2.45, 2.75) is 13.5 Å². The summed E-state index contributed by atoms with van der Waals surface area (Å²) >= 11 is 7.41. The van der Waals surface area contributed by atoms with Gasteiger partial charge in [0.05, 0.1) is 11.7 Å². The molecule has 146 valence electrons. The van der Waals surface area contributed by atoms with E-state index in [0.29, 0.717) is 32.1 Å². The van der Waals surface area contributed by atoms with E-state index in [2.05, 4.69) is 10.3 Å². The van der Waals surface area contributed by atoms with Crippen molar-refractivity contribution in [2.24, 2.45) is 0 Å². The third kappa shape index (κ3) is 3.92. The first-order chi connectivity index (χ1) is 13.9. The maximum atomic E-state index is 13.2. The normalized spacial score (nSPS) is 11.0. The number of thiophene rings is 1. The summed E-state index contributed by atoms with van der Waals surface area (Å²) < 4.78 is 14.5. The third-order valence-electron chi connectivity index (χ3n) is 4.49. The van der Waals surface area contributed by atoms with E-state index in [-0.39, 0.29) is 23.8 Å². The molecule has 0 saturated heterocycles. The van der Waals surface area contributed by atoms with Crippen molar-refractivity contribution in [3.8, 4) is 11.1 Å². The van der Waals surface area contributed by atoms with E-state index in [4.69, 9.17) is 11.6 Å². The van der Waals surface area contributed by atoms with Crippen LogP contribution in [0.15, 0.2) is 59.0 Å². The van der Waals surface area contributed by atoms with Crippen molar-refractivity contribution < 1.29 is 9.18 Å². The molecular formula is C21H15ClFN3O2S. The molecule has 1 N–H and O–H groups in total. The van der Waals surface area contributed by atoms with Gasteiger partial charge in [0.2, 0.25) is 5.91 Å². The van der Waals surface area contributed by atoms with Crippen LogP contribution in [0, 0.1) is 12.7 Å². The highest BCUT2D eigenvalue weighted by atomic mass is 35.5. The van der Waals surface area contributed by atoms with Gasteiger partial charge in [0.15, 0.2) is 0 Å². The second-order valence-corrected chi connectivity index (χ2v) is 7.79. The fourth-order valence-corrected chi connectivity index (χ4v) is 4.04. The number of hydrogen-bond acceptors (Lipinski definition) is 4. The van der Waals surface area contributed by atoms with E-state index in [1.165, 1.54) is 34.4 Å². The summed E-state index contributed by atoms with van der Waals surface area (Å²) in [7, 11) is 0. The monoisotopic (exact) mass is 427 g/mol. The Bertz CT molecular complexity index is 1280. The molecule has 2 heterocycles. The lowest BCUT2D eigenvalue weighted by atomic mass is 10.1. The minimum absolute atomic E-state index is 0.189. The smallest absolute Gasteiger partial charge is 0.263 e. The topological polar surface area (TPSA) is 64.0 Å². The summed E-state index contributed by atoms with van der Waals surface area (Å²) in [5.41, 5.74) is 2.51. The van der Waals surface area contributed by atoms with Crippen LogP contribution < -0.4 is 10.9 Å². The SMILES string of the molecule is Cc1ccc(NC(=O)Cn2cnc3scc(-c4ccc(F)cc4)c3c2=O)cc1Cl. The summed E-state index contributed by atoms with van der Waals surface area (Å²) in [6.45, 7) is 1.68. The Kier molecular flexibility index (Phi) is 5.17. The molecule has 0 aliphatic rings. The number of carbonyl (C=O) groups excluding carboxylic acids is 1. The standard InChI is InChI=1S/C21H15ClFN3O2S/c1-12-2-7-15(8-17(12)22)25-18(27)9-26-11-24-20-19(21(26)28)16(10-29-20)13-3-5-14(23)6-4-13/h2-8,10-11H,9H2,1H3,(H,25,27). The van der Waals surface area contributed by atoms with Crippen LogP contribution in [0.3, 0.4) is 0 Å². The summed E-state index contributed by atoms with van der Waals surface area (Å²) in [5.74, 6) is -0.719. The lowest BCUT2D eigenvalue weighted by Gasteiger charge is -2.09. The Morgan fingerprint density at radius 1 is 1.24 bits per heavy atom. The first-order valence-electron chi connectivity index (χ1n) is 8.71. The maximum Gasteiger partial charge on any atom is 0.263 e. The molecule has 0 spiro atoms. The molecule has 0 atom stereocenters. The highest BCUT2D eigenvalue weighted by molar-refractivity contribution is 7.17. The van der Waals surface area contributed by atoms with Crippen molar-refractivity contribution in [2.75, 3.05) is 5.32 Å². The van der Waals surface area contributed by atoms with Crippen LogP contribution in [0.5, 0.6) is 0 Å². The van der Waals surface area contributed by atoms with Crippen molar-refractivity contribution >= 4 is 44.7 Å². The Hall–Kier alpha value is -3.03. The van der Waals surface area contributed by atoms with Crippen LogP contribution in [0.25, 0.3) is 21.3 Å². The second-order valence-electron chi connectivity index (χ2n) is 6.53. The number of fused-ring (bicyclic) bond motifs is 1. The number of anilines is 1. The van der Waals surface area contributed by atoms with Gasteiger partial charge in [-0.25, -0.2) is 9.37 Å². The Morgan fingerprint density at radius 2 is 2.00 bits per heavy atom. The van der Waals surface area contributed by atoms with Crippen molar-refractivity contribution in [3.63, 3.8) is 0 Å². The zero-order valence-corrected chi connectivity index (χ0v) is 16.9. The molecule has 2 aromatic heterocycles. The lowest BCUT2D eigenvalue weighted by molar-refractivity contribution is -0.116. The number of hydrogen-bond donors (Lipinski definition) is 1. The molecule has 0 saturated carbocycles. The van der Waals surface area contributed by atoms with Gasteiger partial charge in [-0.3, -0.25) is 14.2 Å². The quantitative estimate of drug-likeness (QED) is 0.505. The number of halogens is 2. The van der Waals surface area contributed by atoms with Crippen molar-refractivity contribution in [1.29, 1.82) is 0 Å². The molecule has 2 aromatic carbocycles. The largest absolute Gasteiger partial charge is 0.324 e. The van der Waals surface area contributed by atoms with Crippen LogP contribution in [-0.4, -0.2) is 15.5 Å². The van der Waals surface area contributed by atoms with Crippen LogP contribution in [0.1, 0.15) is 5.56 Å². The predicted octanol–water partition coefficient (Wildman–Crippen LogP) is 4.86. The van der Waals surface area contributed by atoms with Crippen molar-refractivity contribution in [3.05, 3.63) is 80.9 Å². The van der Waals surface area contributed by atoms with Gasteiger partial charge < -0.3 is 5.32 Å². The fraction of sp³-hybridized carbons (Fsp3) is 0.0952. The maximum absolute atomic E-state index is 13.2. The molecule has 0 unspecified atom stereocenters. The molecule has 29 heavy (non-hydrogen) atoms. The molecule has 1 amide bonds. The zero-order valence-electron chi connectivity index (χ0n) is 15.3. The van der Waals surface area contributed by atoms with Gasteiger partial charge in [0.1, 0.15) is 17.2 Å². The van der Waals surface area contributed by atoms with Crippen LogP contribution in [-0.2, 0) is 11.3 Å². The number of amides is 1. The number of carbonyl (C=O) groups is 1. The van der Waals surface area contributed by atoms with Gasteiger partial charge in [0, 0.05) is 21.7 Å². The summed E-state index contributed by atoms with van der Waals surface area (Å²) in [6, 6.07) is 11.1. The second kappa shape index (κ2) is 7.77. The minimum atomic E-state index is -0.369. The molecule has 5 nitrogen and oxygen atoms in total. The number of nitrogens with zero attached hydrogens (tertiary/aromatic N) is 2. The first-order valence-corrected chi connectivity index (χ1v) is 9.97. The average Bonchev–Trinajstić information content (AvgIpc) is 3.12. The molecule has 0 aliphatic carbocycles. The Labute approximate surface area is 174 Å². The minimum Gasteiger partial charge on any atom is -0.324 e. The number of aromatic nitrogens is 2. The lowest BCUT2D eigenvalue weighted by Crippen LogP contribution is -2.27. The summed E-state index contributed by atoms with van der Waals surface area (Å²) in [5, 5.41) is 5.50. The average molecular weight is 428 g/mol. The van der Waals surface area contributed by atoms with E-state index in [1.807, 2.05) is 12.3 Å². The molecule has 4 rings (SSSR count). The Morgan fingerprint density at radius 3 is 2.72 bits per heavy atom. The van der Waals surface area contributed by atoms with Gasteiger partial charge in [-0.1, -0.05) is 29.8 Å². The van der Waals surface area contributed by atoms with E-state index < -0.39 is 0 Å². The third-order valence-corrected chi connectivity index (χ3v) is 5.78. The van der Waals surface area contributed by atoms with Gasteiger partial charge >= 0.3 is 0 Å². The zero-order chi connectivity index (χ0) is 20.5. The number of benzene rings is 2. The fourth-order valence-electron chi connectivity index (χ4n) is 2.95. The van der Waals surface area contributed by atoms with E-state index in [0.717, 1.165) is 5.56 Å². The van der Waals surface area contributed by atoms with Gasteiger partial charge in [-0.05, 0) is 42.3 Å². The molecule has 4 aromatic rings. The summed E-state index contributed by atoms with van der Waals surface area (Å²) in [6.07, 6.45) is 1.36. The predicted molar refractivity (Wildman–Crippen MR) is 114 cm³/mol. The van der Waals surface area contributed by atoms with E-state index in [1.54, 1.807) is 30.3 Å². The van der Waals surface area contributed by atoms with Gasteiger partial charge in [-0.2, -0.15) is 0 Å². The van der Waals surface area contributed by atoms with Crippen LogP contribution >= 0.6 is 22.9 Å². The number of nitrogens with one attached hydrogen (secondary N) is 1. The number of aryl methyl sites for hydroxylation is 1. The van der Waals surface area contributed by atoms with Crippen LogP contribution in [0.2, 0.25) is 5.02 Å². The molecule has 0 fully saturated rings. The van der Waals surface area contributed by atoms with E-state index >= 15 is 0 Å². The Balaban J connectivity index is 1.64. The highest BCUT2D eigenvalue weighted by Crippen LogP contribution is 2.30. The number of rotatable bonds is 4. The van der Waals surface area contributed by atoms with Crippen molar-refractivity contribution in [1.82, 2.24) is 9.55 Å². The molecular weight excluding hydrogens is 413 g/mol. The summed E-state index contributed by atoms with van der Waals surface area (Å²) in [4.78, 5) is 30.3. The van der Waals surface area contributed by atoms with Crippen LogP contribution in [0.4, 0.5) is 10.1 Å². The van der Waals surface area contributed by atoms with Gasteiger partial charge in [-0.15, -0.1) is 11.3 Å². The molecule has 0 radical (unpaired) electrons. The molecule has 8 heteroatoms. The molecule has 0 aliphatic heterocycles. The van der Waals surface area contributed by atoms with E-state index in [9.17, 15) is 14.0 Å². The van der Waals surface area contributed by atoms with Gasteiger partial charge in [0.25, 0.3) is 5.56 Å². The highest BCUT2D eigenvalue weighted by Gasteiger charge is 2.15. The first kappa shape index (κ1) is 19.3.